The Kier molecular flexibility index (Phi) is 9.00. The van der Waals surface area contributed by atoms with Crippen molar-refractivity contribution in [1.82, 2.24) is 0 Å². The molecular weight excluding hydrogens is 312 g/mol. The van der Waals surface area contributed by atoms with Crippen molar-refractivity contribution >= 4 is 15.9 Å². The zero-order valence-corrected chi connectivity index (χ0v) is 14.9. The summed E-state index contributed by atoms with van der Waals surface area (Å²) in [6, 6.07) is 4.27. The highest BCUT2D eigenvalue weighted by Crippen LogP contribution is 2.26. The second-order valence-electron chi connectivity index (χ2n) is 5.69. The zero-order valence-electron chi connectivity index (χ0n) is 13.3. The number of hydrogen-bond acceptors (Lipinski definition) is 1. The van der Waals surface area contributed by atoms with Crippen molar-refractivity contribution in [1.29, 1.82) is 0 Å². The van der Waals surface area contributed by atoms with E-state index >= 15 is 0 Å². The summed E-state index contributed by atoms with van der Waals surface area (Å²) in [4.78, 5) is 0. The van der Waals surface area contributed by atoms with Crippen molar-refractivity contribution in [2.45, 2.75) is 72.1 Å². The number of benzene rings is 1. The summed E-state index contributed by atoms with van der Waals surface area (Å²) in [5, 5.41) is 0. The summed E-state index contributed by atoms with van der Waals surface area (Å²) < 4.78 is 7.06. The van der Waals surface area contributed by atoms with Gasteiger partial charge in [-0.3, -0.25) is 0 Å². The van der Waals surface area contributed by atoms with Crippen LogP contribution in [0, 0.1) is 13.8 Å². The van der Waals surface area contributed by atoms with Crippen LogP contribution in [0.25, 0.3) is 0 Å². The Morgan fingerprint density at radius 2 is 1.45 bits per heavy atom. The molecular formula is C18H29BrO. The van der Waals surface area contributed by atoms with E-state index in [2.05, 4.69) is 48.8 Å². The first-order chi connectivity index (χ1) is 9.65. The minimum Gasteiger partial charge on any atom is -0.493 e. The molecule has 0 heterocycles. The van der Waals surface area contributed by atoms with Gasteiger partial charge in [0.25, 0.3) is 0 Å². The molecule has 20 heavy (non-hydrogen) atoms. The fourth-order valence-electron chi connectivity index (χ4n) is 2.33. The van der Waals surface area contributed by atoms with E-state index in [1.807, 2.05) is 0 Å². The smallest absolute Gasteiger partial charge is 0.122 e. The van der Waals surface area contributed by atoms with Crippen LogP contribution in [0.3, 0.4) is 0 Å². The van der Waals surface area contributed by atoms with Crippen LogP contribution in [-0.4, -0.2) is 6.61 Å². The first-order valence-electron chi connectivity index (χ1n) is 8.04. The number of aryl methyl sites for hydroxylation is 2. The van der Waals surface area contributed by atoms with Crippen LogP contribution < -0.4 is 4.74 Å². The number of rotatable bonds is 10. The highest BCUT2D eigenvalue weighted by molar-refractivity contribution is 9.10. The number of halogens is 1. The van der Waals surface area contributed by atoms with Crippen molar-refractivity contribution < 1.29 is 4.74 Å². The maximum atomic E-state index is 5.90. The molecule has 0 aliphatic carbocycles. The second-order valence-corrected chi connectivity index (χ2v) is 6.54. The van der Waals surface area contributed by atoms with Crippen LogP contribution in [0.4, 0.5) is 0 Å². The normalized spacial score (nSPS) is 10.8. The molecule has 0 radical (unpaired) electrons. The SMILES string of the molecule is CCCCCCCCCCOc1cc(C)c(Br)cc1C. The van der Waals surface area contributed by atoms with Crippen LogP contribution in [0.2, 0.25) is 0 Å². The van der Waals surface area contributed by atoms with Crippen LogP contribution in [-0.2, 0) is 0 Å². The van der Waals surface area contributed by atoms with Gasteiger partial charge in [0, 0.05) is 4.47 Å². The number of ether oxygens (including phenoxy) is 1. The molecule has 0 saturated heterocycles. The minimum atomic E-state index is 0.844. The molecule has 0 bridgehead atoms. The van der Waals surface area contributed by atoms with E-state index in [0.29, 0.717) is 0 Å². The largest absolute Gasteiger partial charge is 0.493 e. The molecule has 1 nitrogen and oxygen atoms in total. The molecule has 1 aromatic carbocycles. The molecule has 0 atom stereocenters. The Hall–Kier alpha value is -0.500. The maximum Gasteiger partial charge on any atom is 0.122 e. The van der Waals surface area contributed by atoms with Crippen molar-refractivity contribution in [3.8, 4) is 5.75 Å². The fourth-order valence-corrected chi connectivity index (χ4v) is 2.79. The van der Waals surface area contributed by atoms with Gasteiger partial charge in [0.1, 0.15) is 5.75 Å². The summed E-state index contributed by atoms with van der Waals surface area (Å²) in [5.74, 6) is 1.04. The molecule has 0 amide bonds. The Labute approximate surface area is 133 Å². The summed E-state index contributed by atoms with van der Waals surface area (Å²) in [5.41, 5.74) is 2.45. The van der Waals surface area contributed by atoms with Gasteiger partial charge in [0.05, 0.1) is 6.61 Å². The predicted octanol–water partition coefficient (Wildman–Crippen LogP) is 6.59. The third-order valence-electron chi connectivity index (χ3n) is 3.71. The topological polar surface area (TPSA) is 9.23 Å². The van der Waals surface area contributed by atoms with Gasteiger partial charge in [0.15, 0.2) is 0 Å². The lowest BCUT2D eigenvalue weighted by atomic mass is 10.1. The van der Waals surface area contributed by atoms with Gasteiger partial charge in [-0.1, -0.05) is 67.8 Å². The van der Waals surface area contributed by atoms with Crippen molar-refractivity contribution in [3.05, 3.63) is 27.7 Å². The van der Waals surface area contributed by atoms with Crippen LogP contribution in [0.1, 0.15) is 69.4 Å². The van der Waals surface area contributed by atoms with E-state index in [0.717, 1.165) is 16.8 Å². The molecule has 114 valence electrons. The molecule has 0 unspecified atom stereocenters. The molecule has 0 aliphatic rings. The molecule has 1 rings (SSSR count). The van der Waals surface area contributed by atoms with Crippen LogP contribution >= 0.6 is 15.9 Å². The molecule has 0 spiro atoms. The Balaban J connectivity index is 2.11. The third kappa shape index (κ3) is 6.78. The fraction of sp³-hybridized carbons (Fsp3) is 0.667. The Bertz CT molecular complexity index is 387. The van der Waals surface area contributed by atoms with E-state index in [-0.39, 0.29) is 0 Å². The Morgan fingerprint density at radius 1 is 0.850 bits per heavy atom. The van der Waals surface area contributed by atoms with Gasteiger partial charge >= 0.3 is 0 Å². The Morgan fingerprint density at radius 3 is 2.10 bits per heavy atom. The van der Waals surface area contributed by atoms with E-state index in [9.17, 15) is 0 Å². The molecule has 0 fully saturated rings. The molecule has 1 aromatic rings. The quantitative estimate of drug-likeness (QED) is 0.436. The van der Waals surface area contributed by atoms with Gasteiger partial charge in [-0.2, -0.15) is 0 Å². The average molecular weight is 341 g/mol. The van der Waals surface area contributed by atoms with E-state index < -0.39 is 0 Å². The van der Waals surface area contributed by atoms with Crippen LogP contribution in [0.5, 0.6) is 5.75 Å². The highest BCUT2D eigenvalue weighted by atomic mass is 79.9. The predicted molar refractivity (Wildman–Crippen MR) is 91.7 cm³/mol. The monoisotopic (exact) mass is 340 g/mol. The van der Waals surface area contributed by atoms with Gasteiger partial charge in [-0.25, -0.2) is 0 Å². The van der Waals surface area contributed by atoms with Crippen LogP contribution in [0.15, 0.2) is 16.6 Å². The molecule has 0 N–H and O–H groups in total. The van der Waals surface area contributed by atoms with Gasteiger partial charge in [-0.15, -0.1) is 0 Å². The lowest BCUT2D eigenvalue weighted by molar-refractivity contribution is 0.302. The second kappa shape index (κ2) is 10.3. The lowest BCUT2D eigenvalue weighted by Gasteiger charge is -2.11. The minimum absolute atomic E-state index is 0.844. The van der Waals surface area contributed by atoms with Gasteiger partial charge in [0.2, 0.25) is 0 Å². The van der Waals surface area contributed by atoms with E-state index in [1.165, 1.54) is 62.5 Å². The van der Waals surface area contributed by atoms with Gasteiger partial charge < -0.3 is 4.74 Å². The molecule has 0 saturated carbocycles. The summed E-state index contributed by atoms with van der Waals surface area (Å²) in [6.45, 7) is 7.32. The summed E-state index contributed by atoms with van der Waals surface area (Å²) in [7, 11) is 0. The molecule has 0 aliphatic heterocycles. The van der Waals surface area contributed by atoms with E-state index in [4.69, 9.17) is 4.74 Å². The highest BCUT2D eigenvalue weighted by Gasteiger charge is 2.03. The number of hydrogen-bond donors (Lipinski definition) is 0. The zero-order chi connectivity index (χ0) is 14.8. The molecule has 0 aromatic heterocycles. The first-order valence-corrected chi connectivity index (χ1v) is 8.84. The standard InChI is InChI=1S/C18H29BrO/c1-4-5-6-7-8-9-10-11-12-20-18-14-15(2)17(19)13-16(18)3/h13-14H,4-12H2,1-3H3. The van der Waals surface area contributed by atoms with Crippen molar-refractivity contribution in [2.24, 2.45) is 0 Å². The number of unbranched alkanes of at least 4 members (excludes halogenated alkanes) is 7. The summed E-state index contributed by atoms with van der Waals surface area (Å²) >= 11 is 3.55. The van der Waals surface area contributed by atoms with Crippen molar-refractivity contribution in [2.75, 3.05) is 6.61 Å². The maximum absolute atomic E-state index is 5.90. The summed E-state index contributed by atoms with van der Waals surface area (Å²) in [6.07, 6.45) is 10.7. The first kappa shape index (κ1) is 17.6. The third-order valence-corrected chi connectivity index (χ3v) is 4.57. The van der Waals surface area contributed by atoms with Crippen molar-refractivity contribution in [3.63, 3.8) is 0 Å². The van der Waals surface area contributed by atoms with Gasteiger partial charge in [-0.05, 0) is 43.5 Å². The van der Waals surface area contributed by atoms with E-state index in [1.54, 1.807) is 0 Å². The lowest BCUT2D eigenvalue weighted by Crippen LogP contribution is -1.99. The molecule has 2 heteroatoms. The average Bonchev–Trinajstić information content (AvgIpc) is 2.42.